The van der Waals surface area contributed by atoms with Crippen LogP contribution in [0.25, 0.3) is 27.7 Å². The summed E-state index contributed by atoms with van der Waals surface area (Å²) in [5.41, 5.74) is 0.164. The molecule has 0 saturated heterocycles. The summed E-state index contributed by atoms with van der Waals surface area (Å²) in [6, 6.07) is 15.5. The number of rotatable bonds is 4. The molecule has 3 aromatic heterocycles. The number of alkyl halides is 3. The number of aromatic nitrogens is 3. The Morgan fingerprint density at radius 3 is 2.70 bits per heavy atom. The van der Waals surface area contributed by atoms with Crippen molar-refractivity contribution in [3.63, 3.8) is 0 Å². The van der Waals surface area contributed by atoms with Gasteiger partial charge in [0.15, 0.2) is 0 Å². The Morgan fingerprint density at radius 2 is 1.91 bits per heavy atom. The highest BCUT2D eigenvalue weighted by Gasteiger charge is 2.30. The molecule has 5 rings (SSSR count). The fourth-order valence-corrected chi connectivity index (χ4v) is 3.78. The van der Waals surface area contributed by atoms with Gasteiger partial charge in [-0.25, -0.2) is 4.98 Å². The van der Waals surface area contributed by atoms with Crippen LogP contribution in [0.1, 0.15) is 5.56 Å². The first-order valence-corrected chi connectivity index (χ1v) is 9.96. The van der Waals surface area contributed by atoms with E-state index >= 15 is 0 Å². The average Bonchev–Trinajstić information content (AvgIpc) is 3.16. The van der Waals surface area contributed by atoms with E-state index < -0.39 is 11.7 Å². The molecule has 0 aliphatic rings. The lowest BCUT2D eigenvalue weighted by Gasteiger charge is -2.12. The molecule has 166 valence electrons. The Hall–Kier alpha value is -4.27. The zero-order chi connectivity index (χ0) is 23.2. The van der Waals surface area contributed by atoms with Crippen LogP contribution in [0.5, 0.6) is 5.75 Å². The van der Waals surface area contributed by atoms with Crippen molar-refractivity contribution in [3.05, 3.63) is 89.0 Å². The van der Waals surface area contributed by atoms with Gasteiger partial charge in [0.2, 0.25) is 0 Å². The van der Waals surface area contributed by atoms with Crippen LogP contribution in [-0.2, 0) is 6.18 Å². The molecular formula is C24H17F3N4O2. The van der Waals surface area contributed by atoms with Gasteiger partial charge in [0.05, 0.1) is 18.2 Å². The highest BCUT2D eigenvalue weighted by Crippen LogP contribution is 2.36. The minimum Gasteiger partial charge on any atom is -0.497 e. The largest absolute Gasteiger partial charge is 0.497 e. The van der Waals surface area contributed by atoms with E-state index in [2.05, 4.69) is 15.3 Å². The number of nitrogens with zero attached hydrogens (tertiary/aromatic N) is 2. The summed E-state index contributed by atoms with van der Waals surface area (Å²) in [5, 5.41) is 4.41. The molecule has 2 aromatic carbocycles. The van der Waals surface area contributed by atoms with Crippen LogP contribution in [0.3, 0.4) is 0 Å². The van der Waals surface area contributed by atoms with Crippen molar-refractivity contribution < 1.29 is 17.9 Å². The minimum atomic E-state index is -4.48. The number of H-pyrrole nitrogens is 1. The Kier molecular flexibility index (Phi) is 4.81. The normalized spacial score (nSPS) is 11.8. The van der Waals surface area contributed by atoms with Crippen molar-refractivity contribution in [1.29, 1.82) is 0 Å². The van der Waals surface area contributed by atoms with E-state index in [9.17, 15) is 18.0 Å². The third kappa shape index (κ3) is 3.67. The van der Waals surface area contributed by atoms with E-state index in [1.54, 1.807) is 47.1 Å². The average molecular weight is 450 g/mol. The lowest BCUT2D eigenvalue weighted by molar-refractivity contribution is -0.137. The summed E-state index contributed by atoms with van der Waals surface area (Å²) in [6.45, 7) is 0. The predicted molar refractivity (Wildman–Crippen MR) is 120 cm³/mol. The maximum atomic E-state index is 13.2. The number of nitrogens with one attached hydrogen (secondary N) is 2. The number of aromatic amines is 1. The molecule has 2 N–H and O–H groups in total. The van der Waals surface area contributed by atoms with Crippen LogP contribution in [0.4, 0.5) is 24.7 Å². The highest BCUT2D eigenvalue weighted by atomic mass is 19.4. The zero-order valence-electron chi connectivity index (χ0n) is 17.3. The Labute approximate surface area is 185 Å². The number of imidazole rings is 1. The van der Waals surface area contributed by atoms with Crippen molar-refractivity contribution in [2.24, 2.45) is 0 Å². The zero-order valence-corrected chi connectivity index (χ0v) is 17.3. The fraction of sp³-hybridized carbons (Fsp3) is 0.0833. The van der Waals surface area contributed by atoms with Crippen molar-refractivity contribution in [1.82, 2.24) is 14.4 Å². The Balaban J connectivity index is 1.76. The van der Waals surface area contributed by atoms with Crippen LogP contribution in [0.15, 0.2) is 77.9 Å². The summed E-state index contributed by atoms with van der Waals surface area (Å²) in [6.07, 6.45) is -1.17. The van der Waals surface area contributed by atoms with E-state index in [0.29, 0.717) is 28.3 Å². The molecule has 0 fully saturated rings. The molecule has 0 bridgehead atoms. The first kappa shape index (κ1) is 20.6. The molecule has 3 heterocycles. The maximum absolute atomic E-state index is 13.2. The molecule has 0 saturated carbocycles. The molecule has 0 aliphatic carbocycles. The number of hydrogen-bond donors (Lipinski definition) is 2. The van der Waals surface area contributed by atoms with Crippen LogP contribution in [-0.4, -0.2) is 21.5 Å². The van der Waals surface area contributed by atoms with E-state index in [0.717, 1.165) is 17.5 Å². The van der Waals surface area contributed by atoms with Crippen molar-refractivity contribution in [2.45, 2.75) is 6.18 Å². The van der Waals surface area contributed by atoms with Gasteiger partial charge in [0.25, 0.3) is 5.56 Å². The summed E-state index contributed by atoms with van der Waals surface area (Å²) >= 11 is 0. The summed E-state index contributed by atoms with van der Waals surface area (Å²) < 4.78 is 46.7. The summed E-state index contributed by atoms with van der Waals surface area (Å²) in [4.78, 5) is 20.3. The van der Waals surface area contributed by atoms with Gasteiger partial charge in [-0.3, -0.25) is 9.20 Å². The fourth-order valence-electron chi connectivity index (χ4n) is 3.78. The lowest BCUT2D eigenvalue weighted by Crippen LogP contribution is -2.10. The van der Waals surface area contributed by atoms with Gasteiger partial charge < -0.3 is 15.0 Å². The third-order valence-corrected chi connectivity index (χ3v) is 5.33. The van der Waals surface area contributed by atoms with Gasteiger partial charge >= 0.3 is 6.18 Å². The van der Waals surface area contributed by atoms with Gasteiger partial charge in [-0.2, -0.15) is 13.2 Å². The molecular weight excluding hydrogens is 433 g/mol. The molecule has 0 amide bonds. The van der Waals surface area contributed by atoms with Gasteiger partial charge in [-0.1, -0.05) is 12.1 Å². The number of fused-ring (bicyclic) bond motifs is 2. The van der Waals surface area contributed by atoms with Gasteiger partial charge in [0.1, 0.15) is 22.9 Å². The van der Waals surface area contributed by atoms with E-state index in [1.165, 1.54) is 19.2 Å². The molecule has 33 heavy (non-hydrogen) atoms. The maximum Gasteiger partial charge on any atom is 0.416 e. The molecule has 0 aliphatic heterocycles. The number of benzene rings is 2. The second kappa shape index (κ2) is 7.70. The van der Waals surface area contributed by atoms with E-state index in [1.807, 2.05) is 6.07 Å². The standard InChI is InChI=1S/C24H17F3N4O2/c1-33-17-9-8-14-13-28-23(32)20(18(14)12-17)21-22(31-10-3-2-7-19(31)30-21)29-16-6-4-5-15(11-16)24(25,26)27/h2-13,29H,1H3,(H,28,32). The molecule has 6 nitrogen and oxygen atoms in total. The molecule has 0 spiro atoms. The first-order chi connectivity index (χ1) is 15.8. The third-order valence-electron chi connectivity index (χ3n) is 5.33. The van der Waals surface area contributed by atoms with Crippen molar-refractivity contribution >= 4 is 27.9 Å². The molecule has 9 heteroatoms. The van der Waals surface area contributed by atoms with Crippen molar-refractivity contribution in [2.75, 3.05) is 12.4 Å². The number of methoxy groups -OCH3 is 1. The van der Waals surface area contributed by atoms with Crippen LogP contribution in [0.2, 0.25) is 0 Å². The number of hydrogen-bond acceptors (Lipinski definition) is 4. The second-order valence-electron chi connectivity index (χ2n) is 7.39. The summed E-state index contributed by atoms with van der Waals surface area (Å²) in [7, 11) is 1.53. The van der Waals surface area contributed by atoms with Crippen LogP contribution in [0, 0.1) is 0 Å². The van der Waals surface area contributed by atoms with Gasteiger partial charge in [-0.05, 0) is 53.9 Å². The first-order valence-electron chi connectivity index (χ1n) is 9.96. The molecule has 0 radical (unpaired) electrons. The van der Waals surface area contributed by atoms with Crippen molar-refractivity contribution in [3.8, 4) is 17.0 Å². The molecule has 0 atom stereocenters. The van der Waals surface area contributed by atoms with E-state index in [-0.39, 0.29) is 16.8 Å². The van der Waals surface area contributed by atoms with Crippen LogP contribution >= 0.6 is 0 Å². The lowest BCUT2D eigenvalue weighted by atomic mass is 10.0. The number of pyridine rings is 2. The Bertz CT molecular complexity index is 1550. The van der Waals surface area contributed by atoms with Gasteiger partial charge in [0, 0.05) is 23.5 Å². The molecule has 5 aromatic rings. The monoisotopic (exact) mass is 450 g/mol. The minimum absolute atomic E-state index is 0.214. The van der Waals surface area contributed by atoms with Gasteiger partial charge in [-0.15, -0.1) is 0 Å². The predicted octanol–water partition coefficient (Wildman–Crippen LogP) is 5.61. The number of ether oxygens (including phenoxy) is 1. The smallest absolute Gasteiger partial charge is 0.416 e. The molecule has 0 unspecified atom stereocenters. The van der Waals surface area contributed by atoms with Crippen LogP contribution < -0.4 is 15.6 Å². The topological polar surface area (TPSA) is 71.4 Å². The number of anilines is 2. The second-order valence-corrected chi connectivity index (χ2v) is 7.39. The number of halogens is 3. The highest BCUT2D eigenvalue weighted by molar-refractivity contribution is 5.99. The summed E-state index contributed by atoms with van der Waals surface area (Å²) in [5.74, 6) is 0.927. The SMILES string of the molecule is COc1ccc2c[nH]c(=O)c(-c3nc4ccccn4c3Nc3cccc(C(F)(F)F)c3)c2c1. The quantitative estimate of drug-likeness (QED) is 0.373. The Morgan fingerprint density at radius 1 is 1.06 bits per heavy atom. The van der Waals surface area contributed by atoms with E-state index in [4.69, 9.17) is 4.74 Å².